The van der Waals surface area contributed by atoms with Crippen molar-refractivity contribution in [1.29, 1.82) is 0 Å². The van der Waals surface area contributed by atoms with E-state index in [-0.39, 0.29) is 36.1 Å². The van der Waals surface area contributed by atoms with Gasteiger partial charge < -0.3 is 29.2 Å². The van der Waals surface area contributed by atoms with Crippen LogP contribution in [0.2, 0.25) is 0 Å². The fourth-order valence-corrected chi connectivity index (χ4v) is 4.80. The summed E-state index contributed by atoms with van der Waals surface area (Å²) in [5, 5.41) is 20.6. The molecule has 6 heteroatoms. The Bertz CT molecular complexity index is 541. The highest BCUT2D eigenvalue weighted by Crippen LogP contribution is 2.69. The fraction of sp³-hybridized carbons (Fsp3) is 1.00. The van der Waals surface area contributed by atoms with Gasteiger partial charge in [-0.1, -0.05) is 0 Å². The summed E-state index contributed by atoms with van der Waals surface area (Å²) >= 11 is 0. The van der Waals surface area contributed by atoms with Crippen LogP contribution in [0.15, 0.2) is 0 Å². The summed E-state index contributed by atoms with van der Waals surface area (Å²) in [6.07, 6.45) is -0.0836. The predicted molar refractivity (Wildman–Crippen MR) is 74.4 cm³/mol. The maximum atomic E-state index is 10.4. The van der Waals surface area contributed by atoms with Crippen LogP contribution in [0, 0.1) is 0 Å². The topological polar surface area (TPSA) is 84.0 Å². The molecular formula is C16H24O6. The molecule has 124 valence electrons. The van der Waals surface area contributed by atoms with Gasteiger partial charge in [0.25, 0.3) is 0 Å². The maximum absolute atomic E-state index is 10.4. The molecule has 0 aromatic heterocycles. The third-order valence-electron chi connectivity index (χ3n) is 6.40. The minimum atomic E-state index is -0.907. The third kappa shape index (κ3) is 1.47. The number of hydrogen-bond acceptors (Lipinski definition) is 6. The molecule has 8 unspecified atom stereocenters. The molecule has 2 N–H and O–H groups in total. The third-order valence-corrected chi connectivity index (χ3v) is 6.40. The molecule has 4 heterocycles. The molecule has 1 aliphatic carbocycles. The lowest BCUT2D eigenvalue weighted by molar-refractivity contribution is -0.205. The van der Waals surface area contributed by atoms with E-state index >= 15 is 0 Å². The average molecular weight is 312 g/mol. The van der Waals surface area contributed by atoms with Crippen molar-refractivity contribution in [3.05, 3.63) is 0 Å². The summed E-state index contributed by atoms with van der Waals surface area (Å²) in [4.78, 5) is 0. The van der Waals surface area contributed by atoms with Gasteiger partial charge in [0.05, 0.1) is 23.4 Å². The highest BCUT2D eigenvalue weighted by atomic mass is 16.7. The molecule has 4 aliphatic heterocycles. The summed E-state index contributed by atoms with van der Waals surface area (Å²) in [5.41, 5.74) is -2.35. The molecule has 0 radical (unpaired) electrons. The van der Waals surface area contributed by atoms with Gasteiger partial charge in [-0.2, -0.15) is 0 Å². The number of epoxide rings is 2. The Morgan fingerprint density at radius 1 is 0.909 bits per heavy atom. The van der Waals surface area contributed by atoms with Crippen molar-refractivity contribution in [3.8, 4) is 0 Å². The van der Waals surface area contributed by atoms with Crippen molar-refractivity contribution >= 4 is 0 Å². The molecule has 0 amide bonds. The Morgan fingerprint density at radius 2 is 1.45 bits per heavy atom. The molecule has 1 saturated carbocycles. The molecule has 4 saturated heterocycles. The summed E-state index contributed by atoms with van der Waals surface area (Å²) in [5.74, 6) is 0. The van der Waals surface area contributed by atoms with Crippen molar-refractivity contribution in [3.63, 3.8) is 0 Å². The van der Waals surface area contributed by atoms with Gasteiger partial charge in [0.1, 0.15) is 35.6 Å². The van der Waals surface area contributed by atoms with Crippen LogP contribution in [-0.2, 0) is 18.9 Å². The van der Waals surface area contributed by atoms with Gasteiger partial charge in [0, 0.05) is 12.8 Å². The van der Waals surface area contributed by atoms with E-state index < -0.39 is 22.9 Å². The Morgan fingerprint density at radius 3 is 2.09 bits per heavy atom. The normalized spacial score (nSPS) is 60.8. The summed E-state index contributed by atoms with van der Waals surface area (Å²) < 4.78 is 24.4. The van der Waals surface area contributed by atoms with Crippen molar-refractivity contribution in [2.24, 2.45) is 0 Å². The highest BCUT2D eigenvalue weighted by Gasteiger charge is 2.88. The van der Waals surface area contributed by atoms with Gasteiger partial charge in [-0.15, -0.1) is 0 Å². The molecule has 22 heavy (non-hydrogen) atoms. The van der Waals surface area contributed by atoms with Crippen LogP contribution in [-0.4, -0.2) is 69.2 Å². The number of ether oxygens (including phenoxy) is 4. The van der Waals surface area contributed by atoms with Crippen molar-refractivity contribution in [1.82, 2.24) is 0 Å². The molecule has 6 nitrogen and oxygen atoms in total. The summed E-state index contributed by atoms with van der Waals surface area (Å²) in [7, 11) is 0. The van der Waals surface area contributed by atoms with Crippen LogP contribution in [0.4, 0.5) is 0 Å². The number of hydrogen-bond donors (Lipinski definition) is 2. The number of rotatable bonds is 1. The van der Waals surface area contributed by atoms with Crippen molar-refractivity contribution in [2.45, 2.75) is 99.6 Å². The van der Waals surface area contributed by atoms with E-state index in [1.807, 2.05) is 13.8 Å². The second-order valence-electron chi connectivity index (χ2n) is 8.75. The second kappa shape index (κ2) is 3.55. The van der Waals surface area contributed by atoms with Crippen LogP contribution in [0.3, 0.4) is 0 Å². The van der Waals surface area contributed by atoms with Gasteiger partial charge in [-0.05, 0) is 27.7 Å². The lowest BCUT2D eigenvalue weighted by atomic mass is 9.71. The van der Waals surface area contributed by atoms with Crippen LogP contribution in [0.5, 0.6) is 0 Å². The second-order valence-corrected chi connectivity index (χ2v) is 8.75. The van der Waals surface area contributed by atoms with Gasteiger partial charge in [-0.25, -0.2) is 0 Å². The first-order valence-electron chi connectivity index (χ1n) is 8.20. The van der Waals surface area contributed by atoms with E-state index in [0.717, 1.165) is 0 Å². The smallest absolute Gasteiger partial charge is 0.129 e. The van der Waals surface area contributed by atoms with Gasteiger partial charge in [0.15, 0.2) is 0 Å². The van der Waals surface area contributed by atoms with E-state index in [2.05, 4.69) is 0 Å². The highest BCUT2D eigenvalue weighted by molar-refractivity contribution is 5.35. The van der Waals surface area contributed by atoms with Gasteiger partial charge in [0.2, 0.25) is 0 Å². The molecule has 5 rings (SSSR count). The van der Waals surface area contributed by atoms with Crippen LogP contribution < -0.4 is 0 Å². The van der Waals surface area contributed by atoms with E-state index in [0.29, 0.717) is 12.8 Å². The Kier molecular flexibility index (Phi) is 2.28. The number of aliphatic hydroxyl groups is 2. The van der Waals surface area contributed by atoms with E-state index in [1.165, 1.54) is 0 Å². The van der Waals surface area contributed by atoms with Crippen molar-refractivity contribution in [2.75, 3.05) is 0 Å². The Balaban J connectivity index is 1.48. The molecule has 0 bridgehead atoms. The summed E-state index contributed by atoms with van der Waals surface area (Å²) in [6.45, 7) is 7.35. The lowest BCUT2D eigenvalue weighted by Gasteiger charge is -2.45. The SMILES string of the molecule is CC(C)(O)C1CC23OC2C2OC(C)(C)C(O)CC24OC4C3O1. The first kappa shape index (κ1) is 14.1. The summed E-state index contributed by atoms with van der Waals surface area (Å²) in [6, 6.07) is 0. The average Bonchev–Trinajstić information content (AvgIpc) is 3.21. The monoisotopic (exact) mass is 312 g/mol. The van der Waals surface area contributed by atoms with Crippen LogP contribution in [0.25, 0.3) is 0 Å². The minimum Gasteiger partial charge on any atom is -0.390 e. The fourth-order valence-electron chi connectivity index (χ4n) is 4.80. The minimum absolute atomic E-state index is 0.0598. The molecule has 5 aliphatic rings. The zero-order valence-electron chi connectivity index (χ0n) is 13.4. The quantitative estimate of drug-likeness (QED) is 0.670. The maximum Gasteiger partial charge on any atom is 0.129 e. The largest absolute Gasteiger partial charge is 0.390 e. The number of fused-ring (bicyclic) bond motifs is 2. The number of aliphatic hydroxyl groups excluding tert-OH is 1. The Labute approximate surface area is 129 Å². The zero-order valence-corrected chi connectivity index (χ0v) is 13.4. The van der Waals surface area contributed by atoms with Crippen LogP contribution in [0.1, 0.15) is 40.5 Å². The molecule has 0 aromatic rings. The molecule has 8 atom stereocenters. The first-order valence-corrected chi connectivity index (χ1v) is 8.20. The predicted octanol–water partition coefficient (Wildman–Crippen LogP) is 0.132. The van der Waals surface area contributed by atoms with Gasteiger partial charge >= 0.3 is 0 Å². The van der Waals surface area contributed by atoms with Gasteiger partial charge in [-0.3, -0.25) is 0 Å². The van der Waals surface area contributed by atoms with E-state index in [9.17, 15) is 10.2 Å². The van der Waals surface area contributed by atoms with Crippen molar-refractivity contribution < 1.29 is 29.2 Å². The molecule has 2 spiro atoms. The lowest BCUT2D eigenvalue weighted by Crippen LogP contribution is -2.62. The first-order chi connectivity index (χ1) is 10.1. The zero-order chi connectivity index (χ0) is 15.7. The van der Waals surface area contributed by atoms with E-state index in [1.54, 1.807) is 13.8 Å². The molecular weight excluding hydrogens is 288 g/mol. The Hall–Kier alpha value is -0.240. The van der Waals surface area contributed by atoms with Crippen LogP contribution >= 0.6 is 0 Å². The molecule has 5 fully saturated rings. The van der Waals surface area contributed by atoms with E-state index in [4.69, 9.17) is 18.9 Å². The standard InChI is InChI=1S/C16H24O6/c1-13(2,18)8-6-16-9(19-8)10-15(21-10)5-7(17)14(3,4)20-11(15)12(16)22-16/h7-12,17-18H,5-6H2,1-4H3. The molecule has 0 aromatic carbocycles.